The van der Waals surface area contributed by atoms with Gasteiger partial charge in [-0.25, -0.2) is 9.97 Å². The number of rotatable bonds is 8. The lowest BCUT2D eigenvalue weighted by molar-refractivity contribution is 0.0280. The van der Waals surface area contributed by atoms with Crippen LogP contribution in [0.2, 0.25) is 5.02 Å². The second-order valence-electron chi connectivity index (χ2n) is 16.4. The minimum absolute atomic E-state index is 0.0468. The van der Waals surface area contributed by atoms with Crippen molar-refractivity contribution in [1.29, 1.82) is 5.26 Å². The zero-order valence-corrected chi connectivity index (χ0v) is 34.2. The first-order valence-corrected chi connectivity index (χ1v) is 21.2. The molecule has 0 atom stereocenters. The molecule has 0 unspecified atom stereocenters. The number of hydrogen-bond acceptors (Lipinski definition) is 10. The lowest BCUT2D eigenvalue weighted by atomic mass is 9.56. The van der Waals surface area contributed by atoms with Gasteiger partial charge in [0.15, 0.2) is 5.82 Å². The number of ether oxygens (including phenoxy) is 1. The van der Waals surface area contributed by atoms with Gasteiger partial charge >= 0.3 is 0 Å². The molecule has 3 aromatic heterocycles. The van der Waals surface area contributed by atoms with Crippen LogP contribution in [0.25, 0.3) is 5.00 Å². The Balaban J connectivity index is 0.730. The lowest BCUT2D eigenvalue weighted by Crippen LogP contribution is -2.48. The van der Waals surface area contributed by atoms with Crippen molar-refractivity contribution in [2.24, 2.45) is 16.3 Å². The van der Waals surface area contributed by atoms with Crippen LogP contribution in [0.15, 0.2) is 59.9 Å². The predicted molar refractivity (Wildman–Crippen MR) is 222 cm³/mol. The molecule has 57 heavy (non-hydrogen) atoms. The Morgan fingerprint density at radius 1 is 1.02 bits per heavy atom. The van der Waals surface area contributed by atoms with Gasteiger partial charge in [-0.2, -0.15) is 5.26 Å². The van der Waals surface area contributed by atoms with E-state index in [1.165, 1.54) is 39.4 Å². The number of anilines is 1. The molecular weight excluding hydrogens is 754 g/mol. The number of halogens is 1. The Hall–Kier alpha value is -5.12. The molecule has 1 N–H and O–H groups in total. The Labute approximate surface area is 342 Å². The highest BCUT2D eigenvalue weighted by Crippen LogP contribution is 2.53. The van der Waals surface area contributed by atoms with Crippen LogP contribution in [-0.2, 0) is 13.0 Å². The number of piperidine rings is 1. The number of aryl methyl sites for hydroxylation is 2. The maximum absolute atomic E-state index is 13.1. The number of carbonyl (C=O) groups is 1. The molecule has 2 aromatic carbocycles. The summed E-state index contributed by atoms with van der Waals surface area (Å²) in [6, 6.07) is 16.4. The molecule has 2 saturated carbocycles. The van der Waals surface area contributed by atoms with Crippen molar-refractivity contribution in [3.05, 3.63) is 110 Å². The average Bonchev–Trinajstić information content (AvgIpc) is 3.66. The molecule has 3 fully saturated rings. The van der Waals surface area contributed by atoms with Crippen molar-refractivity contribution < 1.29 is 9.53 Å². The number of nitriles is 1. The van der Waals surface area contributed by atoms with E-state index in [9.17, 15) is 4.79 Å². The maximum atomic E-state index is 13.1. The van der Waals surface area contributed by atoms with Crippen LogP contribution in [0, 0.1) is 43.4 Å². The second kappa shape index (κ2) is 15.3. The van der Waals surface area contributed by atoms with Crippen LogP contribution < -0.4 is 15.0 Å². The van der Waals surface area contributed by atoms with Crippen LogP contribution in [0.4, 0.5) is 5.95 Å². The van der Waals surface area contributed by atoms with E-state index in [-0.39, 0.29) is 18.1 Å². The molecule has 4 aliphatic rings. The van der Waals surface area contributed by atoms with Crippen molar-refractivity contribution in [3.8, 4) is 16.8 Å². The number of nitrogens with zero attached hydrogens (tertiary/aromatic N) is 8. The standard InChI is InChI=1S/C44H46ClN9O2S/c1-26-27(2)57-42-39(26)40(47-25-38-52-51-28(3)54(38)42)31-6-4-29(5-7-31)18-30-20-44(21-30)14-16-53(17-15-44)43-48-23-33(24-49-43)41(55)50-34-9-12-35(13-10-34)56-36-11-8-32(22-46)37(45)19-36/h4-8,11,19,23-24,30,34-35H,9-10,12-18,20-21,25H2,1-3H3,(H,50,55)/t34-,35-. The van der Waals surface area contributed by atoms with Crippen LogP contribution in [0.3, 0.4) is 0 Å². The molecule has 5 heterocycles. The molecule has 2 aliphatic heterocycles. The summed E-state index contributed by atoms with van der Waals surface area (Å²) in [4.78, 5) is 31.0. The Morgan fingerprint density at radius 2 is 1.75 bits per heavy atom. The molecule has 13 heteroatoms. The Morgan fingerprint density at radius 3 is 2.46 bits per heavy atom. The van der Waals surface area contributed by atoms with Crippen molar-refractivity contribution in [2.45, 2.75) is 97.2 Å². The van der Waals surface area contributed by atoms with E-state index < -0.39 is 0 Å². The average molecular weight is 800 g/mol. The number of benzene rings is 2. The van der Waals surface area contributed by atoms with Crippen LogP contribution in [0.1, 0.15) is 106 Å². The molecular formula is C44H46ClN9O2S. The third-order valence-corrected chi connectivity index (χ3v) is 14.2. The maximum Gasteiger partial charge on any atom is 0.254 e. The number of nitrogens with one attached hydrogen (secondary N) is 1. The van der Waals surface area contributed by atoms with Gasteiger partial charge in [-0.05, 0) is 113 Å². The van der Waals surface area contributed by atoms with E-state index in [2.05, 4.69) is 79.1 Å². The predicted octanol–water partition coefficient (Wildman–Crippen LogP) is 8.28. The van der Waals surface area contributed by atoms with Gasteiger partial charge in [-0.3, -0.25) is 14.4 Å². The number of hydrogen-bond donors (Lipinski definition) is 1. The molecule has 11 nitrogen and oxygen atoms in total. The first kappa shape index (κ1) is 37.5. The van der Waals surface area contributed by atoms with Gasteiger partial charge in [-0.15, -0.1) is 21.5 Å². The number of thiophene rings is 1. The molecule has 1 spiro atoms. The van der Waals surface area contributed by atoms with Gasteiger partial charge < -0.3 is 15.0 Å². The topological polar surface area (TPSA) is 134 Å². The summed E-state index contributed by atoms with van der Waals surface area (Å²) in [5.41, 5.74) is 7.41. The molecule has 1 amide bonds. The van der Waals surface area contributed by atoms with Crippen molar-refractivity contribution >= 4 is 40.5 Å². The smallest absolute Gasteiger partial charge is 0.254 e. The SMILES string of the molecule is Cc1sc2c(c1C)C(c1ccc(CC3CC4(CCN(c5ncc(C(=O)N[C@H]6CC[C@H](Oc7ccc(C#N)c(Cl)c7)CC6)cn5)CC4)C3)cc1)=NCc1nnc(C)n1-2. The third kappa shape index (κ3) is 7.43. The Bertz CT molecular complexity index is 2370. The summed E-state index contributed by atoms with van der Waals surface area (Å²) in [6.45, 7) is 8.79. The highest BCUT2D eigenvalue weighted by Gasteiger charge is 2.45. The lowest BCUT2D eigenvalue weighted by Gasteiger charge is -2.52. The quantitative estimate of drug-likeness (QED) is 0.166. The fraction of sp³-hybridized carbons (Fsp3) is 0.432. The van der Waals surface area contributed by atoms with Crippen molar-refractivity contribution in [3.63, 3.8) is 0 Å². The molecule has 0 bridgehead atoms. The number of fused-ring (bicyclic) bond motifs is 3. The highest BCUT2D eigenvalue weighted by molar-refractivity contribution is 7.15. The summed E-state index contributed by atoms with van der Waals surface area (Å²) in [6.07, 6.45) is 12.6. The Kier molecular flexibility index (Phi) is 10.1. The summed E-state index contributed by atoms with van der Waals surface area (Å²) in [7, 11) is 0. The number of carbonyl (C=O) groups excluding carboxylic acids is 1. The molecule has 5 aromatic rings. The van der Waals surface area contributed by atoms with E-state index in [4.69, 9.17) is 26.6 Å². The summed E-state index contributed by atoms with van der Waals surface area (Å²) in [5, 5.41) is 22.6. The molecule has 0 radical (unpaired) electrons. The summed E-state index contributed by atoms with van der Waals surface area (Å²) in [5.74, 6) is 3.72. The van der Waals surface area contributed by atoms with Gasteiger partial charge in [0.2, 0.25) is 5.95 Å². The van der Waals surface area contributed by atoms with Gasteiger partial charge in [-0.1, -0.05) is 35.9 Å². The van der Waals surface area contributed by atoms with Crippen LogP contribution in [0.5, 0.6) is 5.75 Å². The van der Waals surface area contributed by atoms with Gasteiger partial charge in [0.1, 0.15) is 29.2 Å². The number of aromatic nitrogens is 5. The number of aliphatic imine (C=N–C) groups is 1. The zero-order valence-electron chi connectivity index (χ0n) is 32.6. The molecule has 292 valence electrons. The summed E-state index contributed by atoms with van der Waals surface area (Å²) >= 11 is 7.96. The fourth-order valence-corrected chi connectivity index (χ4v) is 10.8. The zero-order chi connectivity index (χ0) is 39.3. The third-order valence-electron chi connectivity index (χ3n) is 12.7. The molecule has 9 rings (SSSR count). The van der Waals surface area contributed by atoms with Gasteiger partial charge in [0.25, 0.3) is 5.91 Å². The van der Waals surface area contributed by atoms with Gasteiger partial charge in [0.05, 0.1) is 28.0 Å². The molecule has 2 aliphatic carbocycles. The number of amides is 1. The summed E-state index contributed by atoms with van der Waals surface area (Å²) < 4.78 is 8.28. The molecule has 1 saturated heterocycles. The van der Waals surface area contributed by atoms with Crippen LogP contribution >= 0.6 is 22.9 Å². The van der Waals surface area contributed by atoms with E-state index >= 15 is 0 Å². The fourth-order valence-electron chi connectivity index (χ4n) is 9.36. The van der Waals surface area contributed by atoms with Crippen molar-refractivity contribution in [2.75, 3.05) is 18.0 Å². The minimum atomic E-state index is -0.140. The van der Waals surface area contributed by atoms with Crippen molar-refractivity contribution in [1.82, 2.24) is 30.0 Å². The van der Waals surface area contributed by atoms with E-state index in [1.54, 1.807) is 41.9 Å². The minimum Gasteiger partial charge on any atom is -0.490 e. The van der Waals surface area contributed by atoms with E-state index in [1.807, 2.05) is 6.92 Å². The monoisotopic (exact) mass is 799 g/mol. The van der Waals surface area contributed by atoms with E-state index in [0.717, 1.165) is 81.0 Å². The first-order valence-electron chi connectivity index (χ1n) is 20.0. The normalized spacial score (nSPS) is 20.1. The van der Waals surface area contributed by atoms with Crippen LogP contribution in [-0.4, -0.2) is 61.6 Å². The van der Waals surface area contributed by atoms with E-state index in [0.29, 0.717) is 45.7 Å². The second-order valence-corrected chi connectivity index (χ2v) is 18.0. The first-order chi connectivity index (χ1) is 27.6. The van der Waals surface area contributed by atoms with Gasteiger partial charge in [0, 0.05) is 53.6 Å². The highest BCUT2D eigenvalue weighted by atomic mass is 35.5. The largest absolute Gasteiger partial charge is 0.490 e.